The number of hydrogen-bond donors (Lipinski definition) is 0. The Morgan fingerprint density at radius 1 is 0.439 bits per heavy atom. The summed E-state index contributed by atoms with van der Waals surface area (Å²) in [5.74, 6) is 0.705. The second-order valence-corrected chi connectivity index (χ2v) is 9.99. The molecule has 0 saturated heterocycles. The Labute approximate surface area is 236 Å². The minimum atomic E-state index is 0.705. The van der Waals surface area contributed by atoms with Gasteiger partial charge in [0.05, 0.1) is 17.1 Å². The number of aromatic nitrogens is 5. The molecule has 0 amide bonds. The summed E-state index contributed by atoms with van der Waals surface area (Å²) in [7, 11) is 0. The van der Waals surface area contributed by atoms with Gasteiger partial charge in [0.1, 0.15) is 11.2 Å². The van der Waals surface area contributed by atoms with Crippen LogP contribution in [0.25, 0.3) is 72.7 Å². The van der Waals surface area contributed by atoms with E-state index in [-0.39, 0.29) is 0 Å². The third-order valence-corrected chi connectivity index (χ3v) is 7.44. The molecule has 5 heteroatoms. The fourth-order valence-corrected chi connectivity index (χ4v) is 5.42. The molecule has 0 spiro atoms. The zero-order chi connectivity index (χ0) is 27.2. The standard InChI is InChI=1S/C36H23N5/c1-3-11-24(12-4-1)30-23-31(38-35(37-30)27-13-5-2-6-14-27)25-18-20-26(21-19-25)33-28-15-7-8-16-29(28)34-36(40-33)41-22-10-9-17-32(41)39-34/h1-23H. The molecule has 0 fully saturated rings. The summed E-state index contributed by atoms with van der Waals surface area (Å²) in [5.41, 5.74) is 9.46. The van der Waals surface area contributed by atoms with Crippen molar-refractivity contribution in [3.63, 3.8) is 0 Å². The van der Waals surface area contributed by atoms with Gasteiger partial charge in [-0.3, -0.25) is 4.40 Å². The largest absolute Gasteiger partial charge is 0.284 e. The van der Waals surface area contributed by atoms with E-state index in [1.54, 1.807) is 0 Å². The number of nitrogens with zero attached hydrogens (tertiary/aromatic N) is 5. The Kier molecular flexibility index (Phi) is 5.38. The molecule has 0 saturated carbocycles. The highest BCUT2D eigenvalue weighted by Gasteiger charge is 2.16. The van der Waals surface area contributed by atoms with E-state index in [0.29, 0.717) is 5.82 Å². The van der Waals surface area contributed by atoms with Crippen LogP contribution in [-0.2, 0) is 0 Å². The maximum absolute atomic E-state index is 5.15. The number of fused-ring (bicyclic) bond motifs is 5. The maximum Gasteiger partial charge on any atom is 0.165 e. The summed E-state index contributed by atoms with van der Waals surface area (Å²) >= 11 is 0. The zero-order valence-corrected chi connectivity index (χ0v) is 22.0. The lowest BCUT2D eigenvalue weighted by atomic mass is 10.0. The van der Waals surface area contributed by atoms with E-state index in [9.17, 15) is 0 Å². The first-order valence-corrected chi connectivity index (χ1v) is 13.6. The number of benzene rings is 4. The molecule has 0 aliphatic heterocycles. The van der Waals surface area contributed by atoms with Gasteiger partial charge >= 0.3 is 0 Å². The van der Waals surface area contributed by atoms with Gasteiger partial charge in [-0.05, 0) is 18.2 Å². The summed E-state index contributed by atoms with van der Waals surface area (Å²) in [4.78, 5) is 19.9. The van der Waals surface area contributed by atoms with Gasteiger partial charge in [0, 0.05) is 39.2 Å². The second kappa shape index (κ2) is 9.50. The monoisotopic (exact) mass is 525 g/mol. The topological polar surface area (TPSA) is 56.0 Å². The Balaban J connectivity index is 1.27. The fourth-order valence-electron chi connectivity index (χ4n) is 5.42. The molecule has 0 aliphatic rings. The molecule has 4 aromatic heterocycles. The van der Waals surface area contributed by atoms with Crippen molar-refractivity contribution in [2.24, 2.45) is 0 Å². The average Bonchev–Trinajstić information content (AvgIpc) is 3.44. The lowest BCUT2D eigenvalue weighted by molar-refractivity contribution is 1.18. The van der Waals surface area contributed by atoms with E-state index < -0.39 is 0 Å². The van der Waals surface area contributed by atoms with Crippen molar-refractivity contribution in [1.29, 1.82) is 0 Å². The summed E-state index contributed by atoms with van der Waals surface area (Å²) in [6.07, 6.45) is 2.02. The van der Waals surface area contributed by atoms with Crippen molar-refractivity contribution < 1.29 is 0 Å². The highest BCUT2D eigenvalue weighted by atomic mass is 15.1. The van der Waals surface area contributed by atoms with Gasteiger partial charge in [-0.25, -0.2) is 19.9 Å². The summed E-state index contributed by atoms with van der Waals surface area (Å²) in [5, 5.41) is 2.17. The van der Waals surface area contributed by atoms with Gasteiger partial charge in [0.25, 0.3) is 0 Å². The van der Waals surface area contributed by atoms with Gasteiger partial charge in [-0.15, -0.1) is 0 Å². The molecular formula is C36H23N5. The van der Waals surface area contributed by atoms with Crippen molar-refractivity contribution in [2.45, 2.75) is 0 Å². The first kappa shape index (κ1) is 23.2. The quantitative estimate of drug-likeness (QED) is 0.231. The minimum absolute atomic E-state index is 0.705. The molecule has 0 N–H and O–H groups in total. The van der Waals surface area contributed by atoms with E-state index in [4.69, 9.17) is 19.9 Å². The highest BCUT2D eigenvalue weighted by molar-refractivity contribution is 6.09. The van der Waals surface area contributed by atoms with Gasteiger partial charge in [-0.2, -0.15) is 0 Å². The molecule has 0 bridgehead atoms. The SMILES string of the molecule is c1ccc(-c2cc(-c3ccc(-c4nc5c(nc6ccccn65)c5ccccc45)cc3)nc(-c3ccccc3)n2)cc1. The minimum Gasteiger partial charge on any atom is -0.284 e. The van der Waals surface area contributed by atoms with Crippen LogP contribution in [0.1, 0.15) is 0 Å². The van der Waals surface area contributed by atoms with Crippen molar-refractivity contribution in [1.82, 2.24) is 24.3 Å². The van der Waals surface area contributed by atoms with Crippen molar-refractivity contribution in [3.05, 3.63) is 140 Å². The molecule has 0 unspecified atom stereocenters. The van der Waals surface area contributed by atoms with Crippen LogP contribution in [0.3, 0.4) is 0 Å². The summed E-state index contributed by atoms with van der Waals surface area (Å²) in [6, 6.07) is 45.3. The maximum atomic E-state index is 5.15. The third kappa shape index (κ3) is 4.03. The molecule has 5 nitrogen and oxygen atoms in total. The summed E-state index contributed by atoms with van der Waals surface area (Å²) in [6.45, 7) is 0. The van der Waals surface area contributed by atoms with Crippen LogP contribution in [0.4, 0.5) is 0 Å². The van der Waals surface area contributed by atoms with Crippen molar-refractivity contribution in [3.8, 4) is 45.2 Å². The normalized spacial score (nSPS) is 11.4. The number of hydrogen-bond acceptors (Lipinski definition) is 4. The van der Waals surface area contributed by atoms with Crippen molar-refractivity contribution in [2.75, 3.05) is 0 Å². The first-order valence-electron chi connectivity index (χ1n) is 13.6. The number of rotatable bonds is 4. The van der Waals surface area contributed by atoms with Crippen LogP contribution >= 0.6 is 0 Å². The van der Waals surface area contributed by atoms with E-state index in [1.165, 1.54) is 0 Å². The van der Waals surface area contributed by atoms with Gasteiger partial charge in [0.2, 0.25) is 0 Å². The van der Waals surface area contributed by atoms with E-state index in [1.807, 2.05) is 72.9 Å². The smallest absolute Gasteiger partial charge is 0.165 e. The second-order valence-electron chi connectivity index (χ2n) is 9.99. The highest BCUT2D eigenvalue weighted by Crippen LogP contribution is 2.34. The first-order chi connectivity index (χ1) is 20.3. The summed E-state index contributed by atoms with van der Waals surface area (Å²) < 4.78 is 2.05. The molecule has 41 heavy (non-hydrogen) atoms. The molecule has 0 atom stereocenters. The number of pyridine rings is 2. The lowest BCUT2D eigenvalue weighted by Crippen LogP contribution is -1.96. The predicted octanol–water partition coefficient (Wildman–Crippen LogP) is 8.49. The fraction of sp³-hybridized carbons (Fsp3) is 0. The average molecular weight is 526 g/mol. The van der Waals surface area contributed by atoms with Crippen LogP contribution < -0.4 is 0 Å². The molecule has 8 rings (SSSR count). The van der Waals surface area contributed by atoms with Crippen LogP contribution in [0.15, 0.2) is 140 Å². The molecule has 192 valence electrons. The molecule has 0 radical (unpaired) electrons. The number of imidazole rings is 1. The van der Waals surface area contributed by atoms with Crippen LogP contribution in [0.5, 0.6) is 0 Å². The van der Waals surface area contributed by atoms with E-state index in [0.717, 1.165) is 66.9 Å². The van der Waals surface area contributed by atoms with Gasteiger partial charge < -0.3 is 0 Å². The zero-order valence-electron chi connectivity index (χ0n) is 22.0. The molecule has 8 aromatic rings. The Hall–Kier alpha value is -5.68. The lowest BCUT2D eigenvalue weighted by Gasteiger charge is -2.11. The van der Waals surface area contributed by atoms with Gasteiger partial charge in [-0.1, -0.05) is 115 Å². The third-order valence-electron chi connectivity index (χ3n) is 7.44. The van der Waals surface area contributed by atoms with Crippen LogP contribution in [-0.4, -0.2) is 24.3 Å². The Bertz CT molecular complexity index is 2130. The van der Waals surface area contributed by atoms with Crippen LogP contribution in [0.2, 0.25) is 0 Å². The molecule has 4 heterocycles. The van der Waals surface area contributed by atoms with Crippen molar-refractivity contribution >= 4 is 27.6 Å². The molecule has 4 aromatic carbocycles. The van der Waals surface area contributed by atoms with E-state index in [2.05, 4.69) is 71.1 Å². The van der Waals surface area contributed by atoms with Crippen LogP contribution in [0, 0.1) is 0 Å². The predicted molar refractivity (Wildman–Crippen MR) is 165 cm³/mol. The van der Waals surface area contributed by atoms with Gasteiger partial charge in [0.15, 0.2) is 11.5 Å². The Morgan fingerprint density at radius 2 is 1.02 bits per heavy atom. The molecular weight excluding hydrogens is 502 g/mol. The Morgan fingerprint density at radius 3 is 1.76 bits per heavy atom. The van der Waals surface area contributed by atoms with E-state index >= 15 is 0 Å². The molecule has 0 aliphatic carbocycles.